The predicted octanol–water partition coefficient (Wildman–Crippen LogP) is 10.7. The number of rotatable bonds is 9. The standard InChI is InChI=1S/C14H15N.2C14H13N/c3*1-15-11-12-6-5-9-14(10-12)13-7-3-2-4-8-13/h3,5-10H,1-2,4,11H2;2*2-10H,1,11H2. The summed E-state index contributed by atoms with van der Waals surface area (Å²) in [5, 5.41) is 0. The van der Waals surface area contributed by atoms with E-state index in [4.69, 9.17) is 0 Å². The first-order valence-corrected chi connectivity index (χ1v) is 15.2. The third-order valence-corrected chi connectivity index (χ3v) is 7.21. The van der Waals surface area contributed by atoms with Gasteiger partial charge in [0.25, 0.3) is 0 Å². The Bertz CT molecular complexity index is 1630. The van der Waals surface area contributed by atoms with Crippen molar-refractivity contribution in [2.45, 2.75) is 32.5 Å². The molecule has 0 amide bonds. The Balaban J connectivity index is 0.000000154. The second-order valence-corrected chi connectivity index (χ2v) is 10.6. The minimum Gasteiger partial charge on any atom is -0.296 e. The van der Waals surface area contributed by atoms with Crippen molar-refractivity contribution < 1.29 is 0 Å². The highest BCUT2D eigenvalue weighted by molar-refractivity contribution is 5.75. The summed E-state index contributed by atoms with van der Waals surface area (Å²) in [7, 11) is 0. The maximum atomic E-state index is 3.90. The zero-order chi connectivity index (χ0) is 31.5. The molecule has 0 saturated heterocycles. The number of allylic oxidation sites excluding steroid dienone is 4. The average molecular weight is 588 g/mol. The Hall–Kier alpha value is -5.41. The molecule has 0 aliphatic heterocycles. The van der Waals surface area contributed by atoms with Gasteiger partial charge in [0.05, 0.1) is 19.6 Å². The van der Waals surface area contributed by atoms with E-state index in [1.807, 2.05) is 36.4 Å². The molecule has 0 spiro atoms. The van der Waals surface area contributed by atoms with Crippen LogP contribution in [0.5, 0.6) is 0 Å². The summed E-state index contributed by atoms with van der Waals surface area (Å²) < 4.78 is 0. The molecule has 0 unspecified atom stereocenters. The highest BCUT2D eigenvalue weighted by atomic mass is 14.7. The molecule has 1 aliphatic rings. The van der Waals surface area contributed by atoms with Gasteiger partial charge in [-0.15, -0.1) is 0 Å². The largest absolute Gasteiger partial charge is 0.296 e. The van der Waals surface area contributed by atoms with Crippen molar-refractivity contribution in [3.05, 3.63) is 174 Å². The quantitative estimate of drug-likeness (QED) is 0.154. The number of hydrogen-bond donors (Lipinski definition) is 0. The Morgan fingerprint density at radius 3 is 1.22 bits per heavy atom. The molecule has 3 heteroatoms. The van der Waals surface area contributed by atoms with Crippen LogP contribution in [0.2, 0.25) is 0 Å². The topological polar surface area (TPSA) is 37.1 Å². The molecule has 0 N–H and O–H groups in total. The second-order valence-electron chi connectivity index (χ2n) is 10.6. The normalized spacial score (nSPS) is 11.5. The van der Waals surface area contributed by atoms with Crippen LogP contribution in [0.1, 0.15) is 35.1 Å². The van der Waals surface area contributed by atoms with Crippen LogP contribution in [-0.2, 0) is 19.6 Å². The molecule has 0 atom stereocenters. The van der Waals surface area contributed by atoms with Gasteiger partial charge < -0.3 is 0 Å². The molecule has 224 valence electrons. The van der Waals surface area contributed by atoms with E-state index in [9.17, 15) is 0 Å². The van der Waals surface area contributed by atoms with E-state index in [2.05, 4.69) is 150 Å². The highest BCUT2D eigenvalue weighted by Gasteiger charge is 2.02. The Morgan fingerprint density at radius 1 is 0.422 bits per heavy atom. The summed E-state index contributed by atoms with van der Waals surface area (Å²) in [6.07, 6.45) is 9.03. The van der Waals surface area contributed by atoms with Crippen LogP contribution in [-0.4, -0.2) is 20.2 Å². The first kappa shape index (κ1) is 32.5. The number of hydrogen-bond acceptors (Lipinski definition) is 3. The first-order valence-electron chi connectivity index (χ1n) is 15.2. The van der Waals surface area contributed by atoms with E-state index in [0.717, 1.165) is 12.8 Å². The van der Waals surface area contributed by atoms with E-state index >= 15 is 0 Å². The van der Waals surface area contributed by atoms with Gasteiger partial charge in [0.1, 0.15) is 0 Å². The average Bonchev–Trinajstić information content (AvgIpc) is 3.11. The number of benzene rings is 5. The van der Waals surface area contributed by atoms with Crippen molar-refractivity contribution in [1.29, 1.82) is 0 Å². The second kappa shape index (κ2) is 18.3. The van der Waals surface area contributed by atoms with E-state index in [1.165, 1.54) is 50.1 Å². The molecular formula is C42H41N3. The van der Waals surface area contributed by atoms with Crippen LogP contribution in [0.4, 0.5) is 0 Å². The van der Waals surface area contributed by atoms with Crippen molar-refractivity contribution in [2.75, 3.05) is 0 Å². The van der Waals surface area contributed by atoms with Gasteiger partial charge in [0.15, 0.2) is 0 Å². The minimum atomic E-state index is 0.681. The Morgan fingerprint density at radius 2 is 0.822 bits per heavy atom. The summed E-state index contributed by atoms with van der Waals surface area (Å²) in [6, 6.07) is 46.0. The summed E-state index contributed by atoms with van der Waals surface area (Å²) in [4.78, 5) is 11.7. The van der Waals surface area contributed by atoms with Crippen molar-refractivity contribution in [2.24, 2.45) is 15.0 Å². The summed E-state index contributed by atoms with van der Waals surface area (Å²) in [5.41, 5.74) is 11.2. The fraction of sp³-hybridized carbons (Fsp3) is 0.119. The molecule has 3 nitrogen and oxygen atoms in total. The molecule has 6 rings (SSSR count). The first-order chi connectivity index (χ1) is 22.2. The summed E-state index contributed by atoms with van der Waals surface area (Å²) in [5.74, 6) is 0. The molecule has 0 radical (unpaired) electrons. The highest BCUT2D eigenvalue weighted by Crippen LogP contribution is 2.23. The van der Waals surface area contributed by atoms with Crippen LogP contribution in [0, 0.1) is 0 Å². The van der Waals surface area contributed by atoms with Gasteiger partial charge >= 0.3 is 0 Å². The lowest BCUT2D eigenvalue weighted by molar-refractivity contribution is 1.04. The Labute approximate surface area is 268 Å². The van der Waals surface area contributed by atoms with Crippen molar-refractivity contribution in [1.82, 2.24) is 0 Å². The fourth-order valence-corrected chi connectivity index (χ4v) is 5.02. The fourth-order valence-electron chi connectivity index (χ4n) is 5.02. The third-order valence-electron chi connectivity index (χ3n) is 7.21. The molecule has 5 aromatic carbocycles. The third kappa shape index (κ3) is 10.7. The predicted molar refractivity (Wildman–Crippen MR) is 196 cm³/mol. The SMILES string of the molecule is C=NCc1cccc(-c2ccccc2)c1.C=NCc1cccc(-c2ccccc2)c1.C=NCc1cccc(C2=CCCC=C2)c1. The van der Waals surface area contributed by atoms with Gasteiger partial charge in [-0.05, 0) is 101 Å². The molecule has 5 aromatic rings. The summed E-state index contributed by atoms with van der Waals surface area (Å²) >= 11 is 0. The molecule has 0 bridgehead atoms. The lowest BCUT2D eigenvalue weighted by atomic mass is 9.98. The minimum absolute atomic E-state index is 0.681. The maximum absolute atomic E-state index is 3.90. The molecule has 45 heavy (non-hydrogen) atoms. The smallest absolute Gasteiger partial charge is 0.0632 e. The van der Waals surface area contributed by atoms with E-state index in [-0.39, 0.29) is 0 Å². The Kier molecular flexibility index (Phi) is 13.2. The van der Waals surface area contributed by atoms with Gasteiger partial charge in [-0.25, -0.2) is 0 Å². The molecule has 0 heterocycles. The zero-order valence-corrected chi connectivity index (χ0v) is 25.9. The molecule has 0 fully saturated rings. The van der Waals surface area contributed by atoms with Gasteiger partial charge in [0, 0.05) is 0 Å². The lowest BCUT2D eigenvalue weighted by Crippen LogP contribution is -1.88. The monoisotopic (exact) mass is 587 g/mol. The van der Waals surface area contributed by atoms with Gasteiger partial charge in [-0.1, -0.05) is 133 Å². The van der Waals surface area contributed by atoms with Crippen LogP contribution in [0.25, 0.3) is 27.8 Å². The van der Waals surface area contributed by atoms with E-state index in [1.54, 1.807) is 0 Å². The van der Waals surface area contributed by atoms with E-state index < -0.39 is 0 Å². The van der Waals surface area contributed by atoms with Gasteiger partial charge in [-0.3, -0.25) is 15.0 Å². The zero-order valence-electron chi connectivity index (χ0n) is 25.9. The van der Waals surface area contributed by atoms with Crippen LogP contribution in [0.15, 0.2) is 167 Å². The van der Waals surface area contributed by atoms with Gasteiger partial charge in [-0.2, -0.15) is 0 Å². The lowest BCUT2D eigenvalue weighted by Gasteiger charge is -2.08. The van der Waals surface area contributed by atoms with Crippen LogP contribution in [0.3, 0.4) is 0 Å². The van der Waals surface area contributed by atoms with Crippen molar-refractivity contribution >= 4 is 25.7 Å². The van der Waals surface area contributed by atoms with Crippen molar-refractivity contribution in [3.63, 3.8) is 0 Å². The van der Waals surface area contributed by atoms with E-state index in [0.29, 0.717) is 19.6 Å². The molecule has 1 aliphatic carbocycles. The number of aliphatic imine (C=N–C) groups is 3. The maximum Gasteiger partial charge on any atom is 0.0632 e. The van der Waals surface area contributed by atoms with Crippen molar-refractivity contribution in [3.8, 4) is 22.3 Å². The van der Waals surface area contributed by atoms with Gasteiger partial charge in [0.2, 0.25) is 0 Å². The van der Waals surface area contributed by atoms with Crippen LogP contribution < -0.4 is 0 Å². The summed E-state index contributed by atoms with van der Waals surface area (Å²) in [6.45, 7) is 12.6. The molecular weight excluding hydrogens is 546 g/mol. The van der Waals surface area contributed by atoms with Crippen LogP contribution >= 0.6 is 0 Å². The molecule has 0 saturated carbocycles. The molecule has 0 aromatic heterocycles. The number of nitrogens with zero attached hydrogens (tertiary/aromatic N) is 3.